The minimum Gasteiger partial charge on any atom is -0.306 e. The second-order valence-corrected chi connectivity index (χ2v) is 4.60. The van der Waals surface area contributed by atoms with Crippen molar-refractivity contribution in [3.63, 3.8) is 0 Å². The first-order valence-electron chi connectivity index (χ1n) is 6.20. The van der Waals surface area contributed by atoms with Crippen molar-refractivity contribution >= 4 is 0 Å². The summed E-state index contributed by atoms with van der Waals surface area (Å²) in [4.78, 5) is 0. The molecule has 2 heteroatoms. The maximum absolute atomic E-state index is 13.1. The largest absolute Gasteiger partial charge is 0.306 e. The van der Waals surface area contributed by atoms with Gasteiger partial charge in [0.15, 0.2) is 0 Å². The molecule has 0 unspecified atom stereocenters. The first-order valence-corrected chi connectivity index (χ1v) is 6.20. The summed E-state index contributed by atoms with van der Waals surface area (Å²) in [5, 5.41) is 3.44. The quantitative estimate of drug-likeness (QED) is 0.856. The van der Waals surface area contributed by atoms with E-state index in [2.05, 4.69) is 24.4 Å². The number of benzene rings is 2. The van der Waals surface area contributed by atoms with Crippen molar-refractivity contribution in [3.8, 4) is 0 Å². The van der Waals surface area contributed by atoms with Crippen LogP contribution in [0.2, 0.25) is 0 Å². The molecular weight excluding hydrogens is 225 g/mol. The maximum atomic E-state index is 13.1. The van der Waals surface area contributed by atoms with Gasteiger partial charge in [0.1, 0.15) is 5.82 Å². The Hall–Kier alpha value is -1.67. The van der Waals surface area contributed by atoms with Crippen LogP contribution in [-0.4, -0.2) is 0 Å². The Morgan fingerprint density at radius 1 is 1.11 bits per heavy atom. The molecular formula is C16H18FN. The highest BCUT2D eigenvalue weighted by Gasteiger charge is 2.04. The molecule has 18 heavy (non-hydrogen) atoms. The first-order chi connectivity index (χ1) is 8.66. The summed E-state index contributed by atoms with van der Waals surface area (Å²) >= 11 is 0. The van der Waals surface area contributed by atoms with Gasteiger partial charge < -0.3 is 5.32 Å². The fourth-order valence-corrected chi connectivity index (χ4v) is 1.95. The van der Waals surface area contributed by atoms with Gasteiger partial charge in [0, 0.05) is 12.6 Å². The highest BCUT2D eigenvalue weighted by atomic mass is 19.1. The predicted octanol–water partition coefficient (Wildman–Crippen LogP) is 3.98. The van der Waals surface area contributed by atoms with Crippen molar-refractivity contribution in [2.45, 2.75) is 26.4 Å². The Bertz CT molecular complexity index is 508. The van der Waals surface area contributed by atoms with Crippen LogP contribution >= 0.6 is 0 Å². The van der Waals surface area contributed by atoms with Gasteiger partial charge in [0.25, 0.3) is 0 Å². The molecule has 2 aromatic carbocycles. The zero-order chi connectivity index (χ0) is 13.0. The van der Waals surface area contributed by atoms with Crippen LogP contribution < -0.4 is 5.32 Å². The van der Waals surface area contributed by atoms with Gasteiger partial charge in [-0.15, -0.1) is 0 Å². The van der Waals surface area contributed by atoms with Crippen LogP contribution in [0.3, 0.4) is 0 Å². The molecule has 94 valence electrons. The molecule has 1 atom stereocenters. The van der Waals surface area contributed by atoms with Crippen molar-refractivity contribution in [3.05, 3.63) is 71.0 Å². The summed E-state index contributed by atoms with van der Waals surface area (Å²) in [5.41, 5.74) is 3.06. The van der Waals surface area contributed by atoms with Crippen LogP contribution in [0, 0.1) is 12.7 Å². The van der Waals surface area contributed by atoms with E-state index in [1.165, 1.54) is 11.6 Å². The number of hydrogen-bond donors (Lipinski definition) is 1. The van der Waals surface area contributed by atoms with Crippen molar-refractivity contribution in [1.29, 1.82) is 0 Å². The SMILES string of the molecule is Cc1cc(CN[C@@H](C)c2ccccc2)ccc1F. The molecule has 0 heterocycles. The van der Waals surface area contributed by atoms with Crippen LogP contribution in [-0.2, 0) is 6.54 Å². The second kappa shape index (κ2) is 5.78. The van der Waals surface area contributed by atoms with E-state index in [4.69, 9.17) is 0 Å². The summed E-state index contributed by atoms with van der Waals surface area (Å²) in [6.07, 6.45) is 0. The number of aryl methyl sites for hydroxylation is 1. The van der Waals surface area contributed by atoms with Crippen molar-refractivity contribution in [2.75, 3.05) is 0 Å². The van der Waals surface area contributed by atoms with E-state index in [-0.39, 0.29) is 11.9 Å². The minimum absolute atomic E-state index is 0.144. The van der Waals surface area contributed by atoms with E-state index >= 15 is 0 Å². The topological polar surface area (TPSA) is 12.0 Å². The third-order valence-corrected chi connectivity index (χ3v) is 3.13. The average Bonchev–Trinajstić information content (AvgIpc) is 2.41. The van der Waals surface area contributed by atoms with E-state index in [0.29, 0.717) is 5.56 Å². The standard InChI is InChI=1S/C16H18FN/c1-12-10-14(8-9-16(12)17)11-18-13(2)15-6-4-3-5-7-15/h3-10,13,18H,11H2,1-2H3/t13-/m0/s1. The van der Waals surface area contributed by atoms with Gasteiger partial charge in [0.05, 0.1) is 0 Å². The third kappa shape index (κ3) is 3.17. The molecule has 0 aromatic heterocycles. The number of halogens is 1. The highest BCUT2D eigenvalue weighted by molar-refractivity contribution is 5.24. The van der Waals surface area contributed by atoms with Crippen LogP contribution in [0.1, 0.15) is 29.7 Å². The van der Waals surface area contributed by atoms with Gasteiger partial charge in [-0.1, -0.05) is 42.5 Å². The van der Waals surface area contributed by atoms with Crippen molar-refractivity contribution in [2.24, 2.45) is 0 Å². The Kier molecular flexibility index (Phi) is 4.11. The smallest absolute Gasteiger partial charge is 0.126 e. The zero-order valence-electron chi connectivity index (χ0n) is 10.8. The maximum Gasteiger partial charge on any atom is 0.126 e. The fraction of sp³-hybridized carbons (Fsp3) is 0.250. The van der Waals surface area contributed by atoms with Crippen LogP contribution in [0.4, 0.5) is 4.39 Å². The lowest BCUT2D eigenvalue weighted by Crippen LogP contribution is -2.18. The molecule has 0 spiro atoms. The van der Waals surface area contributed by atoms with E-state index in [0.717, 1.165) is 12.1 Å². The molecule has 0 radical (unpaired) electrons. The van der Waals surface area contributed by atoms with E-state index in [1.807, 2.05) is 30.3 Å². The van der Waals surface area contributed by atoms with Gasteiger partial charge in [-0.25, -0.2) is 4.39 Å². The molecule has 2 rings (SSSR count). The minimum atomic E-state index is -0.144. The molecule has 0 aliphatic carbocycles. The Morgan fingerprint density at radius 3 is 2.50 bits per heavy atom. The monoisotopic (exact) mass is 243 g/mol. The van der Waals surface area contributed by atoms with Crippen molar-refractivity contribution in [1.82, 2.24) is 5.32 Å². The molecule has 1 nitrogen and oxygen atoms in total. The summed E-state index contributed by atoms with van der Waals surface area (Å²) < 4.78 is 13.1. The van der Waals surface area contributed by atoms with Gasteiger partial charge in [-0.3, -0.25) is 0 Å². The van der Waals surface area contributed by atoms with Crippen molar-refractivity contribution < 1.29 is 4.39 Å². The zero-order valence-corrected chi connectivity index (χ0v) is 10.8. The Morgan fingerprint density at radius 2 is 1.83 bits per heavy atom. The number of hydrogen-bond acceptors (Lipinski definition) is 1. The van der Waals surface area contributed by atoms with Crippen LogP contribution in [0.5, 0.6) is 0 Å². The van der Waals surface area contributed by atoms with Crippen LogP contribution in [0.25, 0.3) is 0 Å². The first kappa shape index (κ1) is 12.8. The second-order valence-electron chi connectivity index (χ2n) is 4.60. The summed E-state index contributed by atoms with van der Waals surface area (Å²) in [7, 11) is 0. The van der Waals surface area contributed by atoms with E-state index < -0.39 is 0 Å². The Balaban J connectivity index is 1.97. The fourth-order valence-electron chi connectivity index (χ4n) is 1.95. The van der Waals surface area contributed by atoms with Gasteiger partial charge in [-0.05, 0) is 36.6 Å². The molecule has 0 amide bonds. The molecule has 0 saturated carbocycles. The molecule has 0 bridgehead atoms. The predicted molar refractivity (Wildman–Crippen MR) is 72.8 cm³/mol. The third-order valence-electron chi connectivity index (χ3n) is 3.13. The summed E-state index contributed by atoms with van der Waals surface area (Å²) in [6.45, 7) is 4.67. The molecule has 0 fully saturated rings. The van der Waals surface area contributed by atoms with E-state index in [1.54, 1.807) is 6.92 Å². The normalized spacial score (nSPS) is 12.4. The summed E-state index contributed by atoms with van der Waals surface area (Å²) in [6, 6.07) is 15.8. The van der Waals surface area contributed by atoms with Gasteiger partial charge in [0.2, 0.25) is 0 Å². The van der Waals surface area contributed by atoms with Gasteiger partial charge in [-0.2, -0.15) is 0 Å². The molecule has 2 aromatic rings. The van der Waals surface area contributed by atoms with E-state index in [9.17, 15) is 4.39 Å². The molecule has 0 aliphatic rings. The molecule has 0 aliphatic heterocycles. The number of rotatable bonds is 4. The van der Waals surface area contributed by atoms with Gasteiger partial charge >= 0.3 is 0 Å². The average molecular weight is 243 g/mol. The molecule has 0 saturated heterocycles. The lowest BCUT2D eigenvalue weighted by Gasteiger charge is -2.14. The Labute approximate surface area is 108 Å². The van der Waals surface area contributed by atoms with Crippen LogP contribution in [0.15, 0.2) is 48.5 Å². The lowest BCUT2D eigenvalue weighted by atomic mass is 10.1. The lowest BCUT2D eigenvalue weighted by molar-refractivity contribution is 0.572. The number of nitrogens with one attached hydrogen (secondary N) is 1. The molecule has 1 N–H and O–H groups in total. The summed E-state index contributed by atoms with van der Waals surface area (Å²) in [5.74, 6) is -0.144. The highest BCUT2D eigenvalue weighted by Crippen LogP contribution is 2.13.